The van der Waals surface area contributed by atoms with Crippen molar-refractivity contribution in [2.45, 2.75) is 6.92 Å². The molecule has 1 aromatic carbocycles. The molecule has 2 amide bonds. The lowest BCUT2D eigenvalue weighted by Gasteiger charge is -2.35. The molecule has 0 unspecified atom stereocenters. The molecule has 3 heterocycles. The van der Waals surface area contributed by atoms with Gasteiger partial charge in [-0.3, -0.25) is 9.59 Å². The molecule has 1 aliphatic rings. The number of ether oxygens (including phenoxy) is 1. The van der Waals surface area contributed by atoms with Gasteiger partial charge < -0.3 is 14.5 Å². The summed E-state index contributed by atoms with van der Waals surface area (Å²) in [5.41, 5.74) is 1.89. The van der Waals surface area contributed by atoms with Gasteiger partial charge in [-0.05, 0) is 53.8 Å². The van der Waals surface area contributed by atoms with Gasteiger partial charge in [0.15, 0.2) is 11.5 Å². The zero-order valence-corrected chi connectivity index (χ0v) is 20.9. The number of nitrogens with one attached hydrogen (secondary N) is 1. The lowest BCUT2D eigenvalue weighted by atomic mass is 10.1. The van der Waals surface area contributed by atoms with E-state index in [-0.39, 0.29) is 11.6 Å². The maximum Gasteiger partial charge on any atom is 0.285 e. The number of anilines is 1. The molecule has 10 nitrogen and oxygen atoms in total. The summed E-state index contributed by atoms with van der Waals surface area (Å²) in [5, 5.41) is 9.86. The Bertz CT molecular complexity index is 1320. The maximum absolute atomic E-state index is 13.1. The minimum atomic E-state index is -3.68. The highest BCUT2D eigenvalue weighted by Crippen LogP contribution is 2.29. The van der Waals surface area contributed by atoms with Gasteiger partial charge in [-0.2, -0.15) is 0 Å². The standard InChI is InChI=1S/C23H25N5O5S2/c1-3-33-18-6-4-5-16(13-18)17-14-20(34-15-17)23(30)28-11-9-27(10-12-28)21-8-7-19(24-25-21)22(29)26-35(2,31)32/h4-8,13-15H,3,9-12H2,1-2H3,(H,26,29). The summed E-state index contributed by atoms with van der Waals surface area (Å²) < 4.78 is 29.8. The zero-order valence-electron chi connectivity index (χ0n) is 19.3. The number of benzene rings is 1. The molecule has 0 spiro atoms. The molecule has 1 N–H and O–H groups in total. The van der Waals surface area contributed by atoms with Crippen molar-refractivity contribution >= 4 is 39.0 Å². The minimum absolute atomic E-state index is 0.0132. The van der Waals surface area contributed by atoms with Crippen molar-refractivity contribution in [3.05, 3.63) is 58.4 Å². The molecule has 4 rings (SSSR count). The second-order valence-corrected chi connectivity index (χ2v) is 10.6. The highest BCUT2D eigenvalue weighted by molar-refractivity contribution is 7.89. The van der Waals surface area contributed by atoms with E-state index in [4.69, 9.17) is 4.74 Å². The average molecular weight is 516 g/mol. The van der Waals surface area contributed by atoms with E-state index in [9.17, 15) is 18.0 Å². The van der Waals surface area contributed by atoms with Crippen LogP contribution in [0.2, 0.25) is 0 Å². The van der Waals surface area contributed by atoms with Gasteiger partial charge in [0.1, 0.15) is 5.75 Å². The van der Waals surface area contributed by atoms with Gasteiger partial charge in [0.05, 0.1) is 17.7 Å². The number of carbonyl (C=O) groups excluding carboxylic acids is 2. The molecule has 12 heteroatoms. The van der Waals surface area contributed by atoms with Crippen LogP contribution in [0, 0.1) is 0 Å². The van der Waals surface area contributed by atoms with Crippen molar-refractivity contribution in [3.8, 4) is 16.9 Å². The second-order valence-electron chi connectivity index (χ2n) is 7.92. The molecule has 35 heavy (non-hydrogen) atoms. The van der Waals surface area contributed by atoms with Crippen LogP contribution in [0.25, 0.3) is 11.1 Å². The fourth-order valence-corrected chi connectivity index (χ4v) is 4.99. The third kappa shape index (κ3) is 6.14. The smallest absolute Gasteiger partial charge is 0.285 e. The molecule has 184 valence electrons. The molecule has 0 saturated carbocycles. The predicted molar refractivity (Wildman–Crippen MR) is 133 cm³/mol. The van der Waals surface area contributed by atoms with Crippen LogP contribution in [0.1, 0.15) is 27.1 Å². The van der Waals surface area contributed by atoms with Crippen molar-refractivity contribution in [1.29, 1.82) is 0 Å². The molecular formula is C23H25N5O5S2. The SMILES string of the molecule is CCOc1cccc(-c2csc(C(=O)N3CCN(c4ccc(C(=O)NS(C)(=O)=O)nn4)CC3)c2)c1. The molecule has 1 aliphatic heterocycles. The van der Waals surface area contributed by atoms with Crippen LogP contribution in [0.15, 0.2) is 47.8 Å². The van der Waals surface area contributed by atoms with E-state index in [1.807, 2.05) is 57.2 Å². The third-order valence-corrected chi connectivity index (χ3v) is 6.82. The molecule has 2 aromatic heterocycles. The Balaban J connectivity index is 1.36. The molecule has 0 atom stereocenters. The van der Waals surface area contributed by atoms with Crippen molar-refractivity contribution in [2.75, 3.05) is 43.9 Å². The molecule has 0 bridgehead atoms. The zero-order chi connectivity index (χ0) is 25.0. The number of aromatic nitrogens is 2. The number of rotatable bonds is 7. The van der Waals surface area contributed by atoms with Crippen molar-refractivity contribution < 1.29 is 22.7 Å². The number of amides is 2. The van der Waals surface area contributed by atoms with Gasteiger partial charge in [0, 0.05) is 26.2 Å². The number of carbonyl (C=O) groups is 2. The first kappa shape index (κ1) is 24.6. The first-order valence-corrected chi connectivity index (χ1v) is 13.7. The van der Waals surface area contributed by atoms with Crippen LogP contribution in [0.4, 0.5) is 5.82 Å². The van der Waals surface area contributed by atoms with Gasteiger partial charge in [-0.1, -0.05) is 12.1 Å². The van der Waals surface area contributed by atoms with E-state index in [1.54, 1.807) is 6.07 Å². The quantitative estimate of drug-likeness (QED) is 0.509. The summed E-state index contributed by atoms with van der Waals surface area (Å²) in [6.45, 7) is 4.69. The van der Waals surface area contributed by atoms with E-state index in [2.05, 4.69) is 10.2 Å². The van der Waals surface area contributed by atoms with Crippen molar-refractivity contribution in [1.82, 2.24) is 19.8 Å². The first-order valence-electron chi connectivity index (χ1n) is 11.0. The number of sulfonamides is 1. The molecule has 1 fully saturated rings. The Morgan fingerprint density at radius 1 is 1.06 bits per heavy atom. The monoisotopic (exact) mass is 515 g/mol. The lowest BCUT2D eigenvalue weighted by molar-refractivity contribution is 0.0751. The Labute approximate surface area is 207 Å². The molecule has 0 aliphatic carbocycles. The number of thiophene rings is 1. The topological polar surface area (TPSA) is 122 Å². The van der Waals surface area contributed by atoms with Gasteiger partial charge >= 0.3 is 0 Å². The van der Waals surface area contributed by atoms with Gasteiger partial charge in [0.2, 0.25) is 10.0 Å². The summed E-state index contributed by atoms with van der Waals surface area (Å²) in [6, 6.07) is 12.8. The van der Waals surface area contributed by atoms with Gasteiger partial charge in [0.25, 0.3) is 11.8 Å². The molecule has 3 aromatic rings. The summed E-state index contributed by atoms with van der Waals surface area (Å²) in [4.78, 5) is 29.4. The summed E-state index contributed by atoms with van der Waals surface area (Å²) in [6.07, 6.45) is 0.893. The number of piperazine rings is 1. The van der Waals surface area contributed by atoms with Crippen LogP contribution in [-0.4, -0.2) is 74.4 Å². The number of hydrogen-bond acceptors (Lipinski definition) is 9. The van der Waals surface area contributed by atoms with Crippen LogP contribution in [0.5, 0.6) is 5.75 Å². The Morgan fingerprint density at radius 3 is 2.49 bits per heavy atom. The summed E-state index contributed by atoms with van der Waals surface area (Å²) in [5.74, 6) is 0.510. The summed E-state index contributed by atoms with van der Waals surface area (Å²) >= 11 is 1.42. The number of nitrogens with zero attached hydrogens (tertiary/aromatic N) is 4. The Hall–Kier alpha value is -3.51. The predicted octanol–water partition coefficient (Wildman–Crippen LogP) is 2.26. The van der Waals surface area contributed by atoms with E-state index < -0.39 is 15.9 Å². The molecule has 1 saturated heterocycles. The van der Waals surface area contributed by atoms with Crippen LogP contribution >= 0.6 is 11.3 Å². The fourth-order valence-electron chi connectivity index (χ4n) is 3.66. The van der Waals surface area contributed by atoms with Crippen molar-refractivity contribution in [3.63, 3.8) is 0 Å². The first-order chi connectivity index (χ1) is 16.7. The second kappa shape index (κ2) is 10.4. The lowest BCUT2D eigenvalue weighted by Crippen LogP contribution is -2.49. The Kier molecular flexibility index (Phi) is 7.31. The minimum Gasteiger partial charge on any atom is -0.494 e. The van der Waals surface area contributed by atoms with E-state index in [0.29, 0.717) is 43.5 Å². The van der Waals surface area contributed by atoms with Crippen molar-refractivity contribution in [2.24, 2.45) is 0 Å². The normalized spacial score (nSPS) is 14.0. The maximum atomic E-state index is 13.1. The number of hydrogen-bond donors (Lipinski definition) is 1. The largest absolute Gasteiger partial charge is 0.494 e. The highest BCUT2D eigenvalue weighted by Gasteiger charge is 2.24. The fraction of sp³-hybridized carbons (Fsp3) is 0.304. The Morgan fingerprint density at radius 2 is 1.83 bits per heavy atom. The highest BCUT2D eigenvalue weighted by atomic mass is 32.2. The third-order valence-electron chi connectivity index (χ3n) is 5.34. The van der Waals surface area contributed by atoms with Crippen LogP contribution < -0.4 is 14.4 Å². The van der Waals surface area contributed by atoms with Crippen LogP contribution in [-0.2, 0) is 10.0 Å². The van der Waals surface area contributed by atoms with E-state index >= 15 is 0 Å². The van der Waals surface area contributed by atoms with E-state index in [1.165, 1.54) is 17.4 Å². The van der Waals surface area contributed by atoms with E-state index in [0.717, 1.165) is 23.1 Å². The van der Waals surface area contributed by atoms with Gasteiger partial charge in [-0.25, -0.2) is 13.1 Å². The van der Waals surface area contributed by atoms with Crippen LogP contribution in [0.3, 0.4) is 0 Å². The summed E-state index contributed by atoms with van der Waals surface area (Å²) in [7, 11) is -3.68. The molecule has 0 radical (unpaired) electrons. The van der Waals surface area contributed by atoms with Gasteiger partial charge in [-0.15, -0.1) is 21.5 Å². The molecular weight excluding hydrogens is 490 g/mol. The average Bonchev–Trinajstić information content (AvgIpc) is 3.34.